The molecule has 1 heterocycles. The van der Waals surface area contributed by atoms with Crippen molar-refractivity contribution < 1.29 is 23.5 Å². The number of benzene rings is 2. The zero-order valence-corrected chi connectivity index (χ0v) is 15.4. The van der Waals surface area contributed by atoms with Crippen LogP contribution in [0.25, 0.3) is 0 Å². The summed E-state index contributed by atoms with van der Waals surface area (Å²) in [5, 5.41) is 0. The highest BCUT2D eigenvalue weighted by atomic mass is 19.1. The van der Waals surface area contributed by atoms with Crippen LogP contribution < -0.4 is 14.4 Å². The number of anilines is 1. The van der Waals surface area contributed by atoms with Gasteiger partial charge in [-0.1, -0.05) is 6.07 Å². The quantitative estimate of drug-likeness (QED) is 0.810. The number of hydrogen-bond acceptors (Lipinski definition) is 4. The molecule has 1 unspecified atom stereocenters. The van der Waals surface area contributed by atoms with E-state index >= 15 is 0 Å². The van der Waals surface area contributed by atoms with Crippen LogP contribution >= 0.6 is 0 Å². The van der Waals surface area contributed by atoms with E-state index in [0.29, 0.717) is 30.2 Å². The van der Waals surface area contributed by atoms with Crippen LogP contribution in [0.15, 0.2) is 42.5 Å². The highest BCUT2D eigenvalue weighted by Gasteiger charge is 2.37. The topological polar surface area (TPSA) is 59.1 Å². The van der Waals surface area contributed by atoms with Gasteiger partial charge in [0.05, 0.1) is 19.9 Å². The number of methoxy groups -OCH3 is 2. The lowest BCUT2D eigenvalue weighted by atomic mass is 10.1. The minimum Gasteiger partial charge on any atom is -0.497 e. The van der Waals surface area contributed by atoms with Crippen LogP contribution in [0, 0.1) is 5.82 Å². The fraction of sp³-hybridized carbons (Fsp3) is 0.300. The molecule has 1 aliphatic rings. The Balaban J connectivity index is 1.81. The van der Waals surface area contributed by atoms with Crippen molar-refractivity contribution >= 4 is 17.5 Å². The predicted octanol–water partition coefficient (Wildman–Crippen LogP) is 2.72. The number of rotatable bonds is 5. The molecule has 1 aliphatic heterocycles. The highest BCUT2D eigenvalue weighted by Crippen LogP contribution is 2.32. The second-order valence-corrected chi connectivity index (χ2v) is 6.29. The number of hydrogen-bond donors (Lipinski definition) is 0. The maximum atomic E-state index is 13.4. The van der Waals surface area contributed by atoms with E-state index in [2.05, 4.69) is 0 Å². The van der Waals surface area contributed by atoms with Crippen molar-refractivity contribution in [2.45, 2.75) is 12.5 Å². The van der Waals surface area contributed by atoms with Crippen molar-refractivity contribution in [3.05, 3.63) is 53.8 Å². The van der Waals surface area contributed by atoms with Gasteiger partial charge >= 0.3 is 0 Å². The molecule has 1 atom stereocenters. The van der Waals surface area contributed by atoms with E-state index in [1.54, 1.807) is 44.4 Å². The lowest BCUT2D eigenvalue weighted by Crippen LogP contribution is -2.43. The molecule has 27 heavy (non-hydrogen) atoms. The molecule has 3 rings (SSSR count). The van der Waals surface area contributed by atoms with Gasteiger partial charge in [-0.25, -0.2) is 4.39 Å². The Labute approximate surface area is 157 Å². The number of carbonyl (C=O) groups is 2. The molecular weight excluding hydrogens is 351 g/mol. The molecule has 2 amide bonds. The van der Waals surface area contributed by atoms with Gasteiger partial charge < -0.3 is 19.3 Å². The van der Waals surface area contributed by atoms with E-state index in [4.69, 9.17) is 9.47 Å². The minimum atomic E-state index is -0.613. The molecule has 1 saturated heterocycles. The van der Waals surface area contributed by atoms with Gasteiger partial charge in [0.25, 0.3) is 5.91 Å². The van der Waals surface area contributed by atoms with E-state index in [1.807, 2.05) is 0 Å². The molecule has 6 nitrogen and oxygen atoms in total. The van der Waals surface area contributed by atoms with Crippen LogP contribution in [-0.4, -0.2) is 50.6 Å². The second-order valence-electron chi connectivity index (χ2n) is 6.29. The summed E-state index contributed by atoms with van der Waals surface area (Å²) in [5.41, 5.74) is 0.858. The summed E-state index contributed by atoms with van der Waals surface area (Å²) in [7, 11) is 4.64. The maximum Gasteiger partial charge on any atom is 0.254 e. The summed E-state index contributed by atoms with van der Waals surface area (Å²) >= 11 is 0. The number of amides is 2. The zero-order chi connectivity index (χ0) is 19.6. The van der Waals surface area contributed by atoms with Gasteiger partial charge in [-0.2, -0.15) is 0 Å². The smallest absolute Gasteiger partial charge is 0.254 e. The summed E-state index contributed by atoms with van der Waals surface area (Å²) in [6.07, 6.45) is 0.482. The fourth-order valence-electron chi connectivity index (χ4n) is 3.20. The maximum absolute atomic E-state index is 13.4. The Kier molecular flexibility index (Phi) is 5.30. The SMILES string of the molecule is COc1cc(OC)cc(N2CCC(N(C)C(=O)c3cccc(F)c3)C2=O)c1. The summed E-state index contributed by atoms with van der Waals surface area (Å²) in [4.78, 5) is 28.5. The standard InChI is InChI=1S/C20H21FN2O4/c1-22(19(24)13-5-4-6-14(21)9-13)18-7-8-23(20(18)25)15-10-16(26-2)12-17(11-15)27-3/h4-6,9-12,18H,7-8H2,1-3H3. The Morgan fingerprint density at radius 1 is 1.15 bits per heavy atom. The van der Waals surface area contributed by atoms with E-state index in [9.17, 15) is 14.0 Å². The molecule has 2 aromatic rings. The van der Waals surface area contributed by atoms with Gasteiger partial charge in [-0.05, 0) is 24.6 Å². The molecule has 0 bridgehead atoms. The molecule has 0 aliphatic carbocycles. The zero-order valence-electron chi connectivity index (χ0n) is 15.4. The van der Waals surface area contributed by atoms with Crippen LogP contribution in [0.5, 0.6) is 11.5 Å². The lowest BCUT2D eigenvalue weighted by molar-refractivity contribution is -0.120. The van der Waals surface area contributed by atoms with Crippen LogP contribution in [-0.2, 0) is 4.79 Å². The average Bonchev–Trinajstić information content (AvgIpc) is 3.07. The van der Waals surface area contributed by atoms with Crippen LogP contribution in [0.2, 0.25) is 0 Å². The van der Waals surface area contributed by atoms with E-state index in [1.165, 1.54) is 29.2 Å². The van der Waals surface area contributed by atoms with Gasteiger partial charge in [0, 0.05) is 37.4 Å². The van der Waals surface area contributed by atoms with Crippen molar-refractivity contribution in [1.82, 2.24) is 4.90 Å². The van der Waals surface area contributed by atoms with Crippen molar-refractivity contribution in [3.63, 3.8) is 0 Å². The van der Waals surface area contributed by atoms with Gasteiger partial charge in [0.15, 0.2) is 0 Å². The summed E-state index contributed by atoms with van der Waals surface area (Å²) in [6.45, 7) is 0.459. The first-order valence-electron chi connectivity index (χ1n) is 8.51. The molecule has 0 aromatic heterocycles. The Bertz CT molecular complexity index is 849. The van der Waals surface area contributed by atoms with Crippen molar-refractivity contribution in [1.29, 1.82) is 0 Å². The van der Waals surface area contributed by atoms with Gasteiger partial charge in [0.1, 0.15) is 23.4 Å². The lowest BCUT2D eigenvalue weighted by Gasteiger charge is -2.24. The number of nitrogens with zero attached hydrogens (tertiary/aromatic N) is 2. The molecule has 0 saturated carbocycles. The monoisotopic (exact) mass is 372 g/mol. The van der Waals surface area contributed by atoms with E-state index in [0.717, 1.165) is 0 Å². The fourth-order valence-corrected chi connectivity index (χ4v) is 3.20. The van der Waals surface area contributed by atoms with E-state index in [-0.39, 0.29) is 11.5 Å². The van der Waals surface area contributed by atoms with Gasteiger partial charge in [-0.15, -0.1) is 0 Å². The first-order valence-corrected chi connectivity index (χ1v) is 8.51. The largest absolute Gasteiger partial charge is 0.497 e. The number of likely N-dealkylation sites (N-methyl/N-ethyl adjacent to an activating group) is 1. The highest BCUT2D eigenvalue weighted by molar-refractivity contribution is 6.04. The Hall–Kier alpha value is -3.09. The molecule has 0 radical (unpaired) electrons. The van der Waals surface area contributed by atoms with Gasteiger partial charge in [-0.3, -0.25) is 9.59 Å². The van der Waals surface area contributed by atoms with Crippen LogP contribution in [0.3, 0.4) is 0 Å². The number of halogens is 1. The Morgan fingerprint density at radius 3 is 2.41 bits per heavy atom. The molecule has 2 aromatic carbocycles. The molecule has 0 N–H and O–H groups in total. The molecule has 142 valence electrons. The minimum absolute atomic E-state index is 0.197. The third-order valence-corrected chi connectivity index (χ3v) is 4.68. The molecule has 0 spiro atoms. The summed E-state index contributed by atoms with van der Waals surface area (Å²) < 4.78 is 23.9. The van der Waals surface area contributed by atoms with Crippen molar-refractivity contribution in [2.75, 3.05) is 32.7 Å². The first-order chi connectivity index (χ1) is 12.9. The van der Waals surface area contributed by atoms with Crippen LogP contribution in [0.4, 0.5) is 10.1 Å². The summed E-state index contributed by atoms with van der Waals surface area (Å²) in [5.74, 6) is 0.0715. The predicted molar refractivity (Wildman–Crippen MR) is 98.8 cm³/mol. The number of ether oxygens (including phenoxy) is 2. The van der Waals surface area contributed by atoms with E-state index < -0.39 is 17.8 Å². The molecule has 7 heteroatoms. The number of carbonyl (C=O) groups excluding carboxylic acids is 2. The van der Waals surface area contributed by atoms with Crippen LogP contribution in [0.1, 0.15) is 16.8 Å². The molecule has 1 fully saturated rings. The van der Waals surface area contributed by atoms with Crippen molar-refractivity contribution in [3.8, 4) is 11.5 Å². The normalized spacial score (nSPS) is 16.4. The summed E-state index contributed by atoms with van der Waals surface area (Å²) in [6, 6.07) is 10.1. The molecular formula is C20H21FN2O4. The third kappa shape index (κ3) is 3.72. The first kappa shape index (κ1) is 18.7. The van der Waals surface area contributed by atoms with Crippen molar-refractivity contribution in [2.24, 2.45) is 0 Å². The second kappa shape index (κ2) is 7.65. The Morgan fingerprint density at radius 2 is 1.81 bits per heavy atom. The van der Waals surface area contributed by atoms with Gasteiger partial charge in [0.2, 0.25) is 5.91 Å². The third-order valence-electron chi connectivity index (χ3n) is 4.68. The average molecular weight is 372 g/mol.